The molecule has 1 aliphatic carbocycles. The van der Waals surface area contributed by atoms with Gasteiger partial charge < -0.3 is 57.6 Å². The molecule has 636 valence electrons. The quantitative estimate of drug-likeness (QED) is 0.0887. The number of rotatable bonds is 6. The second-order valence-corrected chi connectivity index (χ2v) is 32.3. The molecule has 0 radical (unpaired) electrons. The molecule has 19 rings (SSSR count). The Bertz CT molecular complexity index is 5750. The molecule has 4 unspecified atom stereocenters. The summed E-state index contributed by atoms with van der Waals surface area (Å²) in [5.41, 5.74) is 9.32. The van der Waals surface area contributed by atoms with Gasteiger partial charge in [-0.1, -0.05) is 114 Å². The number of benzene rings is 10. The van der Waals surface area contributed by atoms with Crippen LogP contribution in [-0.4, -0.2) is 144 Å². The van der Waals surface area contributed by atoms with Crippen molar-refractivity contribution in [1.82, 2.24) is 0 Å². The molecule has 0 bridgehead atoms. The van der Waals surface area contributed by atoms with Crippen LogP contribution in [0.25, 0.3) is 10.8 Å². The van der Waals surface area contributed by atoms with Crippen molar-refractivity contribution in [3.8, 4) is 51.7 Å². The number of Topliss-reactive ketones (excluding diaryl/α,β-unsaturated/α-hetero) is 9. The van der Waals surface area contributed by atoms with Gasteiger partial charge in [0.2, 0.25) is 5.78 Å². The van der Waals surface area contributed by atoms with E-state index >= 15 is 0 Å². The van der Waals surface area contributed by atoms with Crippen LogP contribution in [0.5, 0.6) is 51.7 Å². The molecular weight excluding hydrogens is 1620 g/mol. The number of hydrogen-bond acceptors (Lipinski definition) is 22. The van der Waals surface area contributed by atoms with Gasteiger partial charge in [0.05, 0.1) is 84.1 Å². The van der Waals surface area contributed by atoms with Crippen LogP contribution in [0.2, 0.25) is 10.0 Å². The van der Waals surface area contributed by atoms with E-state index in [4.69, 9.17) is 80.8 Å². The Labute approximate surface area is 720 Å². The minimum Gasteiger partial charge on any atom is -0.497 e. The van der Waals surface area contributed by atoms with Crippen molar-refractivity contribution in [3.05, 3.63) is 276 Å². The Morgan fingerprint density at radius 3 is 1.71 bits per heavy atom. The zero-order chi connectivity index (χ0) is 88.0. The molecule has 0 aromatic heterocycles. The normalized spacial score (nSPS) is 18.2. The third-order valence-corrected chi connectivity index (χ3v) is 21.4. The molecule has 10 aromatic rings. The minimum atomic E-state index is -1.00. The van der Waals surface area contributed by atoms with Crippen molar-refractivity contribution >= 4 is 98.0 Å². The molecule has 8 aliphatic heterocycles. The van der Waals surface area contributed by atoms with Crippen LogP contribution in [0, 0.1) is 19.8 Å². The lowest BCUT2D eigenvalue weighted by Crippen LogP contribution is -2.36. The summed E-state index contributed by atoms with van der Waals surface area (Å²) in [4.78, 5) is 128. The van der Waals surface area contributed by atoms with E-state index in [0.29, 0.717) is 117 Å². The van der Waals surface area contributed by atoms with E-state index in [0.717, 1.165) is 68.7 Å². The highest BCUT2D eigenvalue weighted by atomic mass is 35.5. The summed E-state index contributed by atoms with van der Waals surface area (Å²) in [6.45, 7) is 14.2. The number of ketones is 9. The molecule has 4 atom stereocenters. The first kappa shape index (κ1) is 89.4. The summed E-state index contributed by atoms with van der Waals surface area (Å²) >= 11 is 11.6. The Morgan fingerprint density at radius 2 is 1.03 bits per heavy atom. The molecule has 0 fully saturated rings. The molecule has 0 saturated heterocycles. The lowest BCUT2D eigenvalue weighted by atomic mass is 9.88. The van der Waals surface area contributed by atoms with Crippen LogP contribution in [0.15, 0.2) is 194 Å². The lowest BCUT2D eigenvalue weighted by molar-refractivity contribution is -0.145. The van der Waals surface area contributed by atoms with Crippen molar-refractivity contribution in [2.45, 2.75) is 142 Å². The molecule has 8 heterocycles. The summed E-state index contributed by atoms with van der Waals surface area (Å²) in [5.74, 6) is 3.04. The molecule has 10 aromatic carbocycles. The molecule has 0 saturated carbocycles. The highest BCUT2D eigenvalue weighted by Crippen LogP contribution is 2.40. The highest BCUT2D eigenvalue weighted by Gasteiger charge is 2.38. The summed E-state index contributed by atoms with van der Waals surface area (Å²) in [6.07, 6.45) is 4.18. The molecule has 0 amide bonds. The third-order valence-electron chi connectivity index (χ3n) is 20.9. The number of carbonyl (C=O) groups is 11. The van der Waals surface area contributed by atoms with Gasteiger partial charge in [-0.2, -0.15) is 0 Å². The molecule has 123 heavy (non-hydrogen) atoms. The zero-order valence-electron chi connectivity index (χ0n) is 69.1. The van der Waals surface area contributed by atoms with Crippen LogP contribution < -0.4 is 42.6 Å². The van der Waals surface area contributed by atoms with Crippen molar-refractivity contribution in [3.63, 3.8) is 0 Å². The molecule has 2 N–H and O–H groups in total. The summed E-state index contributed by atoms with van der Waals surface area (Å²) in [7, 11) is 1.55. The van der Waals surface area contributed by atoms with E-state index < -0.39 is 41.8 Å². The lowest BCUT2D eigenvalue weighted by Gasteiger charge is -2.32. The number of carboxylic acid groups (broad SMARTS) is 1. The number of hydrogen-bond donors (Lipinski definition) is 2. The number of carbonyl (C=O) groups excluding carboxylic acids is 10. The van der Waals surface area contributed by atoms with Crippen molar-refractivity contribution in [2.75, 3.05) is 40.1 Å². The average molecular weight is 1710 g/mol. The number of esters is 1. The molecule has 25 heteroatoms. The number of carboxylic acids is 1. The number of aliphatic carboxylic acids is 1. The first-order chi connectivity index (χ1) is 58.8. The van der Waals surface area contributed by atoms with Gasteiger partial charge in [0.1, 0.15) is 94.8 Å². The topological polar surface area (TPSA) is 321 Å². The monoisotopic (exact) mass is 1710 g/mol. The highest BCUT2D eigenvalue weighted by molar-refractivity contribution is 6.31. The second-order valence-electron chi connectivity index (χ2n) is 31.4. The van der Waals surface area contributed by atoms with Gasteiger partial charge in [0, 0.05) is 53.2 Å². The number of para-hydroxylation sites is 2. The Kier molecular flexibility index (Phi) is 28.9. The molecule has 0 spiro atoms. The summed E-state index contributed by atoms with van der Waals surface area (Å²) < 4.78 is 54.0. The average Bonchev–Trinajstić information content (AvgIpc) is 0.782. The predicted molar refractivity (Wildman–Crippen MR) is 459 cm³/mol. The number of aliphatic hydroxyl groups is 1. The first-order valence-electron chi connectivity index (χ1n) is 40.2. The van der Waals surface area contributed by atoms with Gasteiger partial charge in [0.25, 0.3) is 0 Å². The maximum Gasteiger partial charge on any atom is 0.307 e. The van der Waals surface area contributed by atoms with E-state index in [-0.39, 0.29) is 90.3 Å². The van der Waals surface area contributed by atoms with Gasteiger partial charge >= 0.3 is 11.9 Å². The van der Waals surface area contributed by atoms with Crippen LogP contribution in [0.4, 0.5) is 0 Å². The SMILES string of the molecule is CC(=O)OC1COc2ccccc2C1=O.CC1(C)CC(=O)c2cc(Cl)ccc2O1.COc1ccc2c(c1)OCC(C(=O)c1ccccc1)C2=O.Cc1cc(C)c2c(c1)OC(C)(C)CC2=O.O=C(O)CC1CC(=O)c2cc(Cl)ccc2O1.O=C1CCOc2c1ccc1ccccc21.O=C1CCOc2cc3c(cc21)CCCC3.O=C1c2ccccc2OCC1O. The van der Waals surface area contributed by atoms with Gasteiger partial charge in [-0.15, -0.1) is 0 Å². The zero-order valence-corrected chi connectivity index (χ0v) is 70.6. The fourth-order valence-corrected chi connectivity index (χ4v) is 15.4. The predicted octanol–water partition coefficient (Wildman–Crippen LogP) is 18.2. The largest absolute Gasteiger partial charge is 0.497 e. The maximum atomic E-state index is 12.5. The van der Waals surface area contributed by atoms with Crippen LogP contribution in [-0.2, 0) is 27.2 Å². The Morgan fingerprint density at radius 1 is 0.480 bits per heavy atom. The Balaban J connectivity index is 0.000000129. The molecule has 23 nitrogen and oxygen atoms in total. The van der Waals surface area contributed by atoms with Gasteiger partial charge in [-0.25, -0.2) is 0 Å². The van der Waals surface area contributed by atoms with Crippen molar-refractivity contribution in [1.29, 1.82) is 0 Å². The van der Waals surface area contributed by atoms with E-state index in [1.165, 1.54) is 37.0 Å². The van der Waals surface area contributed by atoms with Crippen molar-refractivity contribution < 1.29 is 110 Å². The standard InChI is InChI=1S/C17H14O4.C13H14O2.C13H10O2.C13H16O2.C11H9ClO4.C11H11ClO2.C11H10O4.C9H8O3/c1-20-12-7-8-13-15(9-12)21-10-14(17(13)19)16(18)11-5-3-2-4-6-11;14-12-5-6-15-13-8-10-4-2-1-3-9(10)7-11(12)13;14-12-7-8-15-13-10-4-2-1-3-9(10)5-6-11(12)13;1-8-5-9(2)12-10(14)7-13(3,4)15-11(12)6-8;12-6-1-2-10-8(3-6)9(13)4-7(16-10)5-11(14)15;1-11(2)6-9(13)8-5-7(12)3-4-10(8)14-11;1-7(12)15-10-6-14-9-5-3-2-4-8(9)11(10)13;10-7-5-12-8-4-2-1-3-6(8)9(7)11/h2-9,14H,10H2,1H3;7-8H,1-6H2;1-6H,7-8H2;5-6H,7H2,1-4H3;1-3,7H,4-5H2,(H,14,15);3-5H,6H2,1-2H3;2-5,10H,6H2,1H3;1-4,7,10H,5H2. The van der Waals surface area contributed by atoms with Crippen LogP contribution in [0.3, 0.4) is 0 Å². The number of aryl methyl sites for hydroxylation is 4. The van der Waals surface area contributed by atoms with Crippen LogP contribution >= 0.6 is 23.2 Å². The van der Waals surface area contributed by atoms with Gasteiger partial charge in [-0.3, -0.25) is 52.7 Å². The number of aliphatic hydroxyl groups excluding tert-OH is 1. The van der Waals surface area contributed by atoms with Gasteiger partial charge in [-0.05, 0) is 192 Å². The minimum absolute atomic E-state index is 0.0622. The fourth-order valence-electron chi connectivity index (χ4n) is 15.1. The molecule has 9 aliphatic rings. The third kappa shape index (κ3) is 22.5. The fraction of sp³-hybridized carbons (Fsp3) is 0.296. The Hall–Kier alpha value is -12.8. The second kappa shape index (κ2) is 39.8. The van der Waals surface area contributed by atoms with Crippen molar-refractivity contribution in [2.24, 2.45) is 5.92 Å². The number of halogens is 2. The maximum absolute atomic E-state index is 12.5. The molecular formula is C98H92Cl2O23. The van der Waals surface area contributed by atoms with E-state index in [2.05, 4.69) is 12.1 Å². The number of ether oxygens (including phenoxy) is 10. The van der Waals surface area contributed by atoms with E-state index in [1.807, 2.05) is 96.1 Å². The van der Waals surface area contributed by atoms with Crippen LogP contribution in [0.1, 0.15) is 201 Å². The first-order valence-corrected chi connectivity index (χ1v) is 40.9. The summed E-state index contributed by atoms with van der Waals surface area (Å²) in [5, 5.41) is 21.0. The summed E-state index contributed by atoms with van der Waals surface area (Å²) in [6, 6.07) is 57.4. The van der Waals surface area contributed by atoms with E-state index in [1.54, 1.807) is 128 Å². The smallest absolute Gasteiger partial charge is 0.307 e. The number of fused-ring (bicyclic) bond motifs is 11. The van der Waals surface area contributed by atoms with E-state index in [9.17, 15) is 52.7 Å². The van der Waals surface area contributed by atoms with Gasteiger partial charge in [0.15, 0.2) is 58.5 Å². The number of methoxy groups -OCH3 is 1.